The number of ether oxygens (including phenoxy) is 2. The molecule has 1 aromatic carbocycles. The Bertz CT molecular complexity index is 630. The molecule has 1 heterocycles. The van der Waals surface area contributed by atoms with Gasteiger partial charge in [-0.15, -0.1) is 0 Å². The van der Waals surface area contributed by atoms with Crippen molar-refractivity contribution in [3.8, 4) is 17.5 Å². The number of pyridine rings is 1. The number of hydrogen-bond acceptors (Lipinski definition) is 4. The minimum absolute atomic E-state index is 0.0320. The van der Waals surface area contributed by atoms with Gasteiger partial charge in [0.2, 0.25) is 11.8 Å². The van der Waals surface area contributed by atoms with Crippen LogP contribution in [-0.4, -0.2) is 11.6 Å². The lowest BCUT2D eigenvalue weighted by atomic mass is 10.2. The van der Waals surface area contributed by atoms with Crippen molar-refractivity contribution in [2.75, 3.05) is 12.3 Å². The summed E-state index contributed by atoms with van der Waals surface area (Å²) < 4.78 is 48.4. The topological polar surface area (TPSA) is 57.4 Å². The highest BCUT2D eigenvalue weighted by Crippen LogP contribution is 2.33. The Morgan fingerprint density at radius 2 is 1.95 bits per heavy atom. The number of halogens is 3. The van der Waals surface area contributed by atoms with Crippen LogP contribution in [0.1, 0.15) is 12.5 Å². The van der Waals surface area contributed by atoms with Gasteiger partial charge in [-0.2, -0.15) is 18.2 Å². The van der Waals surface area contributed by atoms with Crippen molar-refractivity contribution in [1.29, 1.82) is 0 Å². The van der Waals surface area contributed by atoms with Crippen LogP contribution in [0, 0.1) is 0 Å². The highest BCUT2D eigenvalue weighted by molar-refractivity contribution is 5.49. The first-order valence-electron chi connectivity index (χ1n) is 6.14. The molecule has 2 rings (SSSR count). The zero-order valence-corrected chi connectivity index (χ0v) is 11.1. The third kappa shape index (κ3) is 3.77. The summed E-state index contributed by atoms with van der Waals surface area (Å²) in [6, 6.07) is 7.51. The van der Waals surface area contributed by atoms with Crippen LogP contribution >= 0.6 is 0 Å². The minimum Gasteiger partial charge on any atom is -0.476 e. The van der Waals surface area contributed by atoms with Gasteiger partial charge in [-0.25, -0.2) is 0 Å². The lowest BCUT2D eigenvalue weighted by molar-refractivity contribution is -0.137. The summed E-state index contributed by atoms with van der Waals surface area (Å²) in [7, 11) is 0. The van der Waals surface area contributed by atoms with Gasteiger partial charge in [-0.05, 0) is 31.2 Å². The van der Waals surface area contributed by atoms with Gasteiger partial charge in [-0.3, -0.25) is 0 Å². The summed E-state index contributed by atoms with van der Waals surface area (Å²) in [6.07, 6.45) is -4.43. The molecule has 0 saturated heterocycles. The summed E-state index contributed by atoms with van der Waals surface area (Å²) in [6.45, 7) is 2.13. The molecule has 0 fully saturated rings. The van der Waals surface area contributed by atoms with Crippen LogP contribution in [0.2, 0.25) is 0 Å². The van der Waals surface area contributed by atoms with E-state index in [9.17, 15) is 13.2 Å². The fraction of sp³-hybridized carbons (Fsp3) is 0.214. The number of hydrogen-bond donors (Lipinski definition) is 1. The van der Waals surface area contributed by atoms with Crippen LogP contribution in [0.4, 0.5) is 18.9 Å². The van der Waals surface area contributed by atoms with E-state index in [1.165, 1.54) is 24.3 Å². The van der Waals surface area contributed by atoms with E-state index < -0.39 is 11.7 Å². The Hall–Kier alpha value is -2.44. The van der Waals surface area contributed by atoms with Gasteiger partial charge in [0.05, 0.1) is 17.9 Å². The smallest absolute Gasteiger partial charge is 0.416 e. The largest absolute Gasteiger partial charge is 0.476 e. The maximum absolute atomic E-state index is 12.6. The Labute approximate surface area is 119 Å². The SMILES string of the molecule is CCOc1nc(Oc2cccc(C(F)(F)F)c2)ccc1N. The first kappa shape index (κ1) is 15.0. The molecule has 1 aromatic heterocycles. The van der Waals surface area contributed by atoms with E-state index in [1.807, 2.05) is 0 Å². The van der Waals surface area contributed by atoms with E-state index in [0.717, 1.165) is 12.1 Å². The van der Waals surface area contributed by atoms with Gasteiger partial charge in [0.25, 0.3) is 0 Å². The number of rotatable bonds is 4. The Morgan fingerprint density at radius 1 is 1.19 bits per heavy atom. The van der Waals surface area contributed by atoms with Crippen molar-refractivity contribution in [3.63, 3.8) is 0 Å². The first-order chi connectivity index (χ1) is 9.90. The van der Waals surface area contributed by atoms with E-state index >= 15 is 0 Å². The van der Waals surface area contributed by atoms with Crippen LogP contribution in [0.5, 0.6) is 17.5 Å². The molecule has 0 saturated carbocycles. The average molecular weight is 298 g/mol. The third-order valence-electron chi connectivity index (χ3n) is 2.53. The molecule has 0 aliphatic rings. The summed E-state index contributed by atoms with van der Waals surface area (Å²) in [4.78, 5) is 4.00. The molecule has 0 aliphatic carbocycles. The van der Waals surface area contributed by atoms with Crippen LogP contribution in [0.15, 0.2) is 36.4 Å². The summed E-state index contributed by atoms with van der Waals surface area (Å²) in [5.74, 6) is 0.318. The standard InChI is InChI=1S/C14H13F3N2O2/c1-2-20-13-11(18)6-7-12(19-13)21-10-5-3-4-9(8-10)14(15,16)17/h3-8H,2,18H2,1H3. The highest BCUT2D eigenvalue weighted by atomic mass is 19.4. The number of nitrogen functional groups attached to an aromatic ring is 1. The molecular formula is C14H13F3N2O2. The fourth-order valence-corrected chi connectivity index (χ4v) is 1.60. The maximum Gasteiger partial charge on any atom is 0.416 e. The predicted octanol–water partition coefficient (Wildman–Crippen LogP) is 3.87. The van der Waals surface area contributed by atoms with E-state index in [1.54, 1.807) is 6.92 Å². The summed E-state index contributed by atoms with van der Waals surface area (Å²) >= 11 is 0. The molecular weight excluding hydrogens is 285 g/mol. The zero-order valence-electron chi connectivity index (χ0n) is 11.1. The van der Waals surface area contributed by atoms with Gasteiger partial charge in [0, 0.05) is 6.07 Å². The Balaban J connectivity index is 2.24. The van der Waals surface area contributed by atoms with Crippen molar-refractivity contribution in [1.82, 2.24) is 4.98 Å². The van der Waals surface area contributed by atoms with E-state index in [2.05, 4.69) is 4.98 Å². The minimum atomic E-state index is -4.43. The second-order valence-corrected chi connectivity index (χ2v) is 4.10. The van der Waals surface area contributed by atoms with Crippen LogP contribution in [-0.2, 0) is 6.18 Å². The number of nitrogens with zero attached hydrogens (tertiary/aromatic N) is 1. The molecule has 0 atom stereocenters. The number of alkyl halides is 3. The van der Waals surface area contributed by atoms with Crippen molar-refractivity contribution in [2.24, 2.45) is 0 Å². The molecule has 0 aliphatic heterocycles. The van der Waals surface area contributed by atoms with E-state index in [0.29, 0.717) is 12.3 Å². The van der Waals surface area contributed by atoms with E-state index in [-0.39, 0.29) is 17.5 Å². The lowest BCUT2D eigenvalue weighted by Crippen LogP contribution is -2.04. The second-order valence-electron chi connectivity index (χ2n) is 4.10. The highest BCUT2D eigenvalue weighted by Gasteiger charge is 2.30. The van der Waals surface area contributed by atoms with Crippen LogP contribution in [0.3, 0.4) is 0 Å². The van der Waals surface area contributed by atoms with Crippen LogP contribution < -0.4 is 15.2 Å². The molecule has 112 valence electrons. The first-order valence-corrected chi connectivity index (χ1v) is 6.14. The van der Waals surface area contributed by atoms with E-state index in [4.69, 9.17) is 15.2 Å². The Kier molecular flexibility index (Phi) is 4.21. The van der Waals surface area contributed by atoms with Gasteiger partial charge in [0.15, 0.2) is 0 Å². The molecule has 2 aromatic rings. The molecule has 21 heavy (non-hydrogen) atoms. The monoisotopic (exact) mass is 298 g/mol. The van der Waals surface area contributed by atoms with Gasteiger partial charge in [0.1, 0.15) is 5.75 Å². The third-order valence-corrected chi connectivity index (χ3v) is 2.53. The normalized spacial score (nSPS) is 11.2. The molecule has 7 heteroatoms. The van der Waals surface area contributed by atoms with Crippen molar-refractivity contribution in [2.45, 2.75) is 13.1 Å². The van der Waals surface area contributed by atoms with Crippen molar-refractivity contribution in [3.05, 3.63) is 42.0 Å². The average Bonchev–Trinajstić information content (AvgIpc) is 2.42. The maximum atomic E-state index is 12.6. The second kappa shape index (κ2) is 5.90. The van der Waals surface area contributed by atoms with Gasteiger partial charge < -0.3 is 15.2 Å². The van der Waals surface area contributed by atoms with Gasteiger partial charge in [-0.1, -0.05) is 6.07 Å². The van der Waals surface area contributed by atoms with Crippen molar-refractivity contribution >= 4 is 5.69 Å². The van der Waals surface area contributed by atoms with Crippen molar-refractivity contribution < 1.29 is 22.6 Å². The molecule has 2 N–H and O–H groups in total. The number of aromatic nitrogens is 1. The molecule has 0 unspecified atom stereocenters. The summed E-state index contributed by atoms with van der Waals surface area (Å²) in [5, 5.41) is 0. The number of benzene rings is 1. The predicted molar refractivity (Wildman–Crippen MR) is 71.3 cm³/mol. The molecule has 0 radical (unpaired) electrons. The molecule has 4 nitrogen and oxygen atoms in total. The number of anilines is 1. The lowest BCUT2D eigenvalue weighted by Gasteiger charge is -2.11. The Morgan fingerprint density at radius 3 is 2.62 bits per heavy atom. The molecule has 0 spiro atoms. The molecule has 0 amide bonds. The fourth-order valence-electron chi connectivity index (χ4n) is 1.60. The van der Waals surface area contributed by atoms with Gasteiger partial charge >= 0.3 is 6.18 Å². The zero-order chi connectivity index (χ0) is 15.5. The quantitative estimate of drug-likeness (QED) is 0.930. The molecule has 0 bridgehead atoms. The summed E-state index contributed by atoms with van der Waals surface area (Å²) in [5.41, 5.74) is 5.19. The van der Waals surface area contributed by atoms with Crippen LogP contribution in [0.25, 0.3) is 0 Å². The number of nitrogens with two attached hydrogens (primary N) is 1.